The van der Waals surface area contributed by atoms with Crippen molar-refractivity contribution in [3.05, 3.63) is 35.4 Å². The minimum absolute atomic E-state index is 0.0624. The summed E-state index contributed by atoms with van der Waals surface area (Å²) in [6, 6.07) is 4.86. The third kappa shape index (κ3) is 3.92. The molecule has 0 unspecified atom stereocenters. The lowest BCUT2D eigenvalue weighted by atomic mass is 10.1. The number of rotatable bonds is 5. The lowest BCUT2D eigenvalue weighted by Crippen LogP contribution is -2.05. The zero-order chi connectivity index (χ0) is 12.7. The number of methoxy groups -OCH3 is 1. The van der Waals surface area contributed by atoms with Crippen molar-refractivity contribution in [2.75, 3.05) is 20.7 Å². The van der Waals surface area contributed by atoms with Crippen LogP contribution < -0.4 is 5.32 Å². The number of esters is 1. The van der Waals surface area contributed by atoms with Crippen molar-refractivity contribution < 1.29 is 14.6 Å². The Kier molecular flexibility index (Phi) is 5.23. The van der Waals surface area contributed by atoms with E-state index in [1.54, 1.807) is 18.2 Å². The maximum Gasteiger partial charge on any atom is 0.341 e. The molecule has 0 heterocycles. The lowest BCUT2D eigenvalue weighted by molar-refractivity contribution is 0.0597. The Morgan fingerprint density at radius 1 is 1.53 bits per heavy atom. The first-order valence-electron chi connectivity index (χ1n) is 5.41. The van der Waals surface area contributed by atoms with Crippen molar-refractivity contribution in [1.82, 2.24) is 5.32 Å². The van der Waals surface area contributed by atoms with E-state index in [-0.39, 0.29) is 11.3 Å². The van der Waals surface area contributed by atoms with Gasteiger partial charge in [-0.1, -0.05) is 18.2 Å². The van der Waals surface area contributed by atoms with Gasteiger partial charge in [-0.25, -0.2) is 4.79 Å². The summed E-state index contributed by atoms with van der Waals surface area (Å²) in [5.41, 5.74) is 1.03. The molecule has 1 aromatic rings. The van der Waals surface area contributed by atoms with Gasteiger partial charge in [0.05, 0.1) is 7.11 Å². The largest absolute Gasteiger partial charge is 0.507 e. The first kappa shape index (κ1) is 13.3. The summed E-state index contributed by atoms with van der Waals surface area (Å²) in [5, 5.41) is 12.7. The van der Waals surface area contributed by atoms with Crippen LogP contribution in [0.1, 0.15) is 22.3 Å². The van der Waals surface area contributed by atoms with E-state index >= 15 is 0 Å². The maximum absolute atomic E-state index is 11.2. The molecule has 0 aliphatic heterocycles. The molecule has 0 aromatic heterocycles. The van der Waals surface area contributed by atoms with Crippen molar-refractivity contribution in [3.63, 3.8) is 0 Å². The Hall–Kier alpha value is -1.81. The van der Waals surface area contributed by atoms with Crippen LogP contribution in [0.3, 0.4) is 0 Å². The minimum atomic E-state index is -0.534. The highest BCUT2D eigenvalue weighted by atomic mass is 16.5. The second kappa shape index (κ2) is 6.70. The normalized spacial score (nSPS) is 10.7. The second-order valence-corrected chi connectivity index (χ2v) is 3.56. The molecule has 0 saturated heterocycles. The molecule has 0 aliphatic carbocycles. The quantitative estimate of drug-likeness (QED) is 0.603. The van der Waals surface area contributed by atoms with E-state index in [4.69, 9.17) is 0 Å². The molecule has 0 radical (unpaired) electrons. The van der Waals surface area contributed by atoms with Crippen LogP contribution in [-0.4, -0.2) is 31.8 Å². The monoisotopic (exact) mass is 235 g/mol. The topological polar surface area (TPSA) is 58.6 Å². The highest BCUT2D eigenvalue weighted by Gasteiger charge is 2.10. The number of phenolic OH excluding ortho intramolecular Hbond substituents is 1. The second-order valence-electron chi connectivity index (χ2n) is 3.56. The summed E-state index contributed by atoms with van der Waals surface area (Å²) in [7, 11) is 3.18. The molecule has 0 atom stereocenters. The fraction of sp³-hybridized carbons (Fsp3) is 0.308. The van der Waals surface area contributed by atoms with Crippen molar-refractivity contribution in [3.8, 4) is 5.75 Å². The first-order chi connectivity index (χ1) is 8.19. The van der Waals surface area contributed by atoms with Gasteiger partial charge in [0, 0.05) is 0 Å². The fourth-order valence-corrected chi connectivity index (χ4v) is 1.38. The maximum atomic E-state index is 11.2. The van der Waals surface area contributed by atoms with Crippen molar-refractivity contribution >= 4 is 12.0 Å². The number of aromatic hydroxyl groups is 1. The molecular formula is C13H17NO3. The van der Waals surface area contributed by atoms with Gasteiger partial charge in [-0.05, 0) is 37.7 Å². The van der Waals surface area contributed by atoms with Crippen LogP contribution in [0.5, 0.6) is 5.75 Å². The van der Waals surface area contributed by atoms with Gasteiger partial charge in [0.1, 0.15) is 11.3 Å². The fourth-order valence-electron chi connectivity index (χ4n) is 1.38. The summed E-state index contributed by atoms with van der Waals surface area (Å²) in [6.45, 7) is 0.905. The number of nitrogens with one attached hydrogen (secondary N) is 1. The van der Waals surface area contributed by atoms with E-state index in [0.29, 0.717) is 0 Å². The predicted molar refractivity (Wildman–Crippen MR) is 67.0 cm³/mol. The molecule has 1 rings (SSSR count). The van der Waals surface area contributed by atoms with Gasteiger partial charge < -0.3 is 15.2 Å². The lowest BCUT2D eigenvalue weighted by Gasteiger charge is -2.03. The van der Waals surface area contributed by atoms with E-state index in [1.807, 2.05) is 19.2 Å². The summed E-state index contributed by atoms with van der Waals surface area (Å²) in [6.07, 6.45) is 4.82. The molecule has 2 N–H and O–H groups in total. The van der Waals surface area contributed by atoms with Crippen LogP contribution in [-0.2, 0) is 4.74 Å². The number of phenols is 1. The smallest absolute Gasteiger partial charge is 0.341 e. The number of hydrogen-bond acceptors (Lipinski definition) is 4. The van der Waals surface area contributed by atoms with E-state index in [2.05, 4.69) is 10.1 Å². The summed E-state index contributed by atoms with van der Waals surface area (Å²) >= 11 is 0. The zero-order valence-corrected chi connectivity index (χ0v) is 10.1. The Balaban J connectivity index is 2.75. The molecule has 0 fully saturated rings. The first-order valence-corrected chi connectivity index (χ1v) is 5.41. The molecule has 4 nitrogen and oxygen atoms in total. The molecule has 1 aromatic carbocycles. The average molecular weight is 235 g/mol. The van der Waals surface area contributed by atoms with E-state index < -0.39 is 5.97 Å². The summed E-state index contributed by atoms with van der Waals surface area (Å²) < 4.78 is 4.54. The number of carbonyl (C=O) groups is 1. The summed E-state index contributed by atoms with van der Waals surface area (Å²) in [4.78, 5) is 11.2. The molecule has 0 bridgehead atoms. The van der Waals surface area contributed by atoms with E-state index in [1.165, 1.54) is 7.11 Å². The predicted octanol–water partition coefficient (Wildman–Crippen LogP) is 1.80. The Morgan fingerprint density at radius 3 is 2.88 bits per heavy atom. The average Bonchev–Trinajstić information content (AvgIpc) is 2.34. The third-order valence-corrected chi connectivity index (χ3v) is 2.30. The van der Waals surface area contributed by atoms with Gasteiger partial charge in [0.2, 0.25) is 0 Å². The van der Waals surface area contributed by atoms with Crippen molar-refractivity contribution in [2.45, 2.75) is 6.42 Å². The zero-order valence-electron chi connectivity index (χ0n) is 10.1. The summed E-state index contributed by atoms with van der Waals surface area (Å²) in [5.74, 6) is -0.596. The minimum Gasteiger partial charge on any atom is -0.507 e. The molecular weight excluding hydrogens is 218 g/mol. The standard InChI is InChI=1S/C13H17NO3/c1-14-8-4-3-5-10-6-7-11(12(15)9-10)13(16)17-2/h3,5-7,9,14-15H,4,8H2,1-2H3. The van der Waals surface area contributed by atoms with Crippen molar-refractivity contribution in [1.29, 1.82) is 0 Å². The van der Waals surface area contributed by atoms with Crippen LogP contribution >= 0.6 is 0 Å². The van der Waals surface area contributed by atoms with Gasteiger partial charge in [-0.2, -0.15) is 0 Å². The molecule has 92 valence electrons. The van der Waals surface area contributed by atoms with Crippen LogP contribution in [0.2, 0.25) is 0 Å². The number of hydrogen-bond donors (Lipinski definition) is 2. The SMILES string of the molecule is CNCCC=Cc1ccc(C(=O)OC)c(O)c1. The molecule has 0 saturated carbocycles. The number of benzene rings is 1. The Bertz CT molecular complexity index is 413. The Morgan fingerprint density at radius 2 is 2.29 bits per heavy atom. The highest BCUT2D eigenvalue weighted by molar-refractivity contribution is 5.92. The Labute approximate surface area is 101 Å². The highest BCUT2D eigenvalue weighted by Crippen LogP contribution is 2.20. The van der Waals surface area contributed by atoms with Crippen LogP contribution in [0.15, 0.2) is 24.3 Å². The van der Waals surface area contributed by atoms with Crippen LogP contribution in [0.25, 0.3) is 6.08 Å². The van der Waals surface area contributed by atoms with Crippen LogP contribution in [0, 0.1) is 0 Å². The van der Waals surface area contributed by atoms with E-state index in [0.717, 1.165) is 18.5 Å². The van der Waals surface area contributed by atoms with Gasteiger partial charge >= 0.3 is 5.97 Å². The third-order valence-electron chi connectivity index (χ3n) is 2.30. The molecule has 4 heteroatoms. The van der Waals surface area contributed by atoms with Gasteiger partial charge in [-0.15, -0.1) is 0 Å². The molecule has 17 heavy (non-hydrogen) atoms. The van der Waals surface area contributed by atoms with Gasteiger partial charge in [0.15, 0.2) is 0 Å². The molecule has 0 spiro atoms. The van der Waals surface area contributed by atoms with Gasteiger partial charge in [0.25, 0.3) is 0 Å². The van der Waals surface area contributed by atoms with E-state index in [9.17, 15) is 9.90 Å². The molecule has 0 amide bonds. The van der Waals surface area contributed by atoms with Crippen LogP contribution in [0.4, 0.5) is 0 Å². The van der Waals surface area contributed by atoms with Gasteiger partial charge in [-0.3, -0.25) is 0 Å². The van der Waals surface area contributed by atoms with Crippen molar-refractivity contribution in [2.24, 2.45) is 0 Å². The molecule has 0 aliphatic rings. The number of ether oxygens (including phenoxy) is 1. The number of carbonyl (C=O) groups excluding carboxylic acids is 1.